The van der Waals surface area contributed by atoms with Crippen molar-refractivity contribution in [2.45, 2.75) is 0 Å². The highest BCUT2D eigenvalue weighted by atomic mass is 16.5. The molecule has 1 amide bonds. The number of carbonyl (C=O) groups is 1. The Balaban J connectivity index is 2.28. The number of ether oxygens (including phenoxy) is 1. The molecule has 6 heteroatoms. The Labute approximate surface area is 81.3 Å². The fourth-order valence-electron chi connectivity index (χ4n) is 0.905. The van der Waals surface area contributed by atoms with E-state index in [0.717, 1.165) is 5.69 Å². The zero-order valence-corrected chi connectivity index (χ0v) is 7.56. The first kappa shape index (κ1) is 10.1. The van der Waals surface area contributed by atoms with E-state index >= 15 is 0 Å². The Bertz CT molecular complexity index is 316. The second-order valence-corrected chi connectivity index (χ2v) is 2.56. The Morgan fingerprint density at radius 2 is 2.43 bits per heavy atom. The van der Waals surface area contributed by atoms with E-state index in [1.54, 1.807) is 18.3 Å². The van der Waals surface area contributed by atoms with Gasteiger partial charge in [-0.05, 0) is 6.07 Å². The molecule has 0 radical (unpaired) electrons. The first-order chi connectivity index (χ1) is 6.68. The first-order valence-electron chi connectivity index (χ1n) is 4.06. The van der Waals surface area contributed by atoms with Crippen molar-refractivity contribution in [1.82, 2.24) is 4.98 Å². The minimum absolute atomic E-state index is 0.220. The summed E-state index contributed by atoms with van der Waals surface area (Å²) >= 11 is 0. The van der Waals surface area contributed by atoms with Gasteiger partial charge in [0.1, 0.15) is 12.4 Å². The van der Waals surface area contributed by atoms with Gasteiger partial charge < -0.3 is 21.5 Å². The smallest absolute Gasteiger partial charge is 0.404 e. The van der Waals surface area contributed by atoms with Crippen LogP contribution in [0.15, 0.2) is 18.3 Å². The van der Waals surface area contributed by atoms with Crippen LogP contribution in [0.1, 0.15) is 0 Å². The van der Waals surface area contributed by atoms with Crippen LogP contribution >= 0.6 is 0 Å². The van der Waals surface area contributed by atoms with Crippen molar-refractivity contribution < 1.29 is 9.53 Å². The lowest BCUT2D eigenvalue weighted by Gasteiger charge is -2.05. The number of hydrogen-bond donors (Lipinski definition) is 3. The lowest BCUT2D eigenvalue weighted by atomic mass is 10.4. The van der Waals surface area contributed by atoms with E-state index in [2.05, 4.69) is 15.0 Å². The van der Waals surface area contributed by atoms with Gasteiger partial charge in [0.15, 0.2) is 0 Å². The maximum atomic E-state index is 10.2. The molecule has 14 heavy (non-hydrogen) atoms. The zero-order valence-electron chi connectivity index (χ0n) is 7.56. The second kappa shape index (κ2) is 4.90. The highest BCUT2D eigenvalue weighted by Gasteiger charge is 1.94. The minimum Gasteiger partial charge on any atom is -0.448 e. The van der Waals surface area contributed by atoms with Crippen LogP contribution in [0.3, 0.4) is 0 Å². The zero-order chi connectivity index (χ0) is 10.4. The van der Waals surface area contributed by atoms with Gasteiger partial charge in [-0.25, -0.2) is 9.78 Å². The summed E-state index contributed by atoms with van der Waals surface area (Å²) in [6.07, 6.45) is 0.813. The lowest BCUT2D eigenvalue weighted by molar-refractivity contribution is 0.161. The Morgan fingerprint density at radius 3 is 3.07 bits per heavy atom. The third-order valence-corrected chi connectivity index (χ3v) is 1.46. The summed E-state index contributed by atoms with van der Waals surface area (Å²) in [6, 6.07) is 3.45. The molecule has 0 aliphatic carbocycles. The van der Waals surface area contributed by atoms with Crippen LogP contribution in [-0.2, 0) is 4.74 Å². The van der Waals surface area contributed by atoms with Crippen molar-refractivity contribution in [1.29, 1.82) is 0 Å². The summed E-state index contributed by atoms with van der Waals surface area (Å²) in [5.41, 5.74) is 11.1. The predicted molar refractivity (Wildman–Crippen MR) is 52.7 cm³/mol. The van der Waals surface area contributed by atoms with Gasteiger partial charge in [0.2, 0.25) is 0 Å². The number of carbonyl (C=O) groups excluding carboxylic acids is 1. The summed E-state index contributed by atoms with van der Waals surface area (Å²) in [4.78, 5) is 14.0. The molecule has 1 rings (SSSR count). The Kier molecular flexibility index (Phi) is 3.54. The molecule has 0 aliphatic rings. The number of nitrogens with two attached hydrogens (primary N) is 2. The van der Waals surface area contributed by atoms with Crippen LogP contribution in [0.4, 0.5) is 16.3 Å². The van der Waals surface area contributed by atoms with Gasteiger partial charge >= 0.3 is 6.09 Å². The maximum absolute atomic E-state index is 10.2. The number of amides is 1. The number of nitrogens with one attached hydrogen (secondary N) is 1. The van der Waals surface area contributed by atoms with Gasteiger partial charge in [-0.1, -0.05) is 0 Å². The topological polar surface area (TPSA) is 103 Å². The number of nitrogen functional groups attached to an aromatic ring is 1. The van der Waals surface area contributed by atoms with E-state index < -0.39 is 6.09 Å². The summed E-state index contributed by atoms with van der Waals surface area (Å²) in [5.74, 6) is 0.436. The number of pyridine rings is 1. The monoisotopic (exact) mass is 196 g/mol. The van der Waals surface area contributed by atoms with Crippen LogP contribution in [0.2, 0.25) is 0 Å². The normalized spacial score (nSPS) is 9.43. The van der Waals surface area contributed by atoms with Crippen LogP contribution in [-0.4, -0.2) is 24.2 Å². The highest BCUT2D eigenvalue weighted by Crippen LogP contribution is 2.07. The Morgan fingerprint density at radius 1 is 1.64 bits per heavy atom. The minimum atomic E-state index is -0.777. The number of rotatable bonds is 4. The van der Waals surface area contributed by atoms with Crippen molar-refractivity contribution in [2.24, 2.45) is 5.73 Å². The molecule has 1 heterocycles. The molecular weight excluding hydrogens is 184 g/mol. The number of nitrogens with zero attached hydrogens (tertiary/aromatic N) is 1. The fourth-order valence-corrected chi connectivity index (χ4v) is 0.905. The lowest BCUT2D eigenvalue weighted by Crippen LogP contribution is -2.18. The Hall–Kier alpha value is -1.98. The number of anilines is 2. The molecule has 0 spiro atoms. The van der Waals surface area contributed by atoms with Gasteiger partial charge in [-0.15, -0.1) is 0 Å². The average molecular weight is 196 g/mol. The summed E-state index contributed by atoms with van der Waals surface area (Å²) < 4.78 is 4.52. The summed E-state index contributed by atoms with van der Waals surface area (Å²) in [7, 11) is 0. The molecule has 0 saturated carbocycles. The van der Waals surface area contributed by atoms with E-state index in [4.69, 9.17) is 11.5 Å². The molecule has 76 valence electrons. The van der Waals surface area contributed by atoms with Crippen LogP contribution in [0.5, 0.6) is 0 Å². The molecule has 0 saturated heterocycles. The van der Waals surface area contributed by atoms with Crippen LogP contribution < -0.4 is 16.8 Å². The van der Waals surface area contributed by atoms with E-state index in [0.29, 0.717) is 12.4 Å². The van der Waals surface area contributed by atoms with E-state index in [9.17, 15) is 4.79 Å². The summed E-state index contributed by atoms with van der Waals surface area (Å²) in [6.45, 7) is 0.698. The summed E-state index contributed by atoms with van der Waals surface area (Å²) in [5, 5.41) is 2.99. The first-order valence-corrected chi connectivity index (χ1v) is 4.06. The second-order valence-electron chi connectivity index (χ2n) is 2.56. The molecule has 6 nitrogen and oxygen atoms in total. The van der Waals surface area contributed by atoms with Crippen LogP contribution in [0.25, 0.3) is 0 Å². The van der Waals surface area contributed by atoms with Crippen molar-refractivity contribution in [3.8, 4) is 0 Å². The molecule has 0 fully saturated rings. The SMILES string of the molecule is NC(=O)OCCNc1ccnc(N)c1. The van der Waals surface area contributed by atoms with Crippen molar-refractivity contribution in [3.63, 3.8) is 0 Å². The molecular formula is C8H12N4O2. The molecule has 1 aromatic rings. The van der Waals surface area contributed by atoms with E-state index in [1.807, 2.05) is 0 Å². The highest BCUT2D eigenvalue weighted by molar-refractivity contribution is 5.64. The van der Waals surface area contributed by atoms with Crippen LogP contribution in [0, 0.1) is 0 Å². The molecule has 0 aromatic carbocycles. The van der Waals surface area contributed by atoms with Gasteiger partial charge in [-0.3, -0.25) is 0 Å². The molecule has 0 aliphatic heterocycles. The molecule has 0 atom stereocenters. The molecule has 0 bridgehead atoms. The standard InChI is InChI=1S/C8H12N4O2/c9-7-5-6(1-2-12-7)11-3-4-14-8(10)13/h1-2,5H,3-4H2,(H2,10,13)(H3,9,11,12). The third-order valence-electron chi connectivity index (χ3n) is 1.46. The van der Waals surface area contributed by atoms with Crippen molar-refractivity contribution in [2.75, 3.05) is 24.2 Å². The fraction of sp³-hybridized carbons (Fsp3) is 0.250. The quantitative estimate of drug-likeness (QED) is 0.595. The number of aromatic nitrogens is 1. The van der Waals surface area contributed by atoms with Gasteiger partial charge in [0, 0.05) is 24.5 Å². The van der Waals surface area contributed by atoms with E-state index in [1.165, 1.54) is 0 Å². The molecule has 1 aromatic heterocycles. The predicted octanol–water partition coefficient (Wildman–Crippen LogP) is 0.171. The average Bonchev–Trinajstić information content (AvgIpc) is 2.12. The number of hydrogen-bond acceptors (Lipinski definition) is 5. The van der Waals surface area contributed by atoms with Crippen molar-refractivity contribution >= 4 is 17.6 Å². The van der Waals surface area contributed by atoms with Crippen molar-refractivity contribution in [3.05, 3.63) is 18.3 Å². The number of primary amides is 1. The largest absolute Gasteiger partial charge is 0.448 e. The third kappa shape index (κ3) is 3.61. The van der Waals surface area contributed by atoms with Gasteiger partial charge in [0.05, 0.1) is 0 Å². The molecule has 0 unspecified atom stereocenters. The molecule has 5 N–H and O–H groups in total. The van der Waals surface area contributed by atoms with Gasteiger partial charge in [0.25, 0.3) is 0 Å². The van der Waals surface area contributed by atoms with E-state index in [-0.39, 0.29) is 6.61 Å². The van der Waals surface area contributed by atoms with Gasteiger partial charge in [-0.2, -0.15) is 0 Å². The maximum Gasteiger partial charge on any atom is 0.404 e.